The van der Waals surface area contributed by atoms with E-state index in [1.54, 1.807) is 5.20 Å². The average molecular weight is 166 g/mol. The van der Waals surface area contributed by atoms with Gasteiger partial charge in [-0.15, -0.1) is 0 Å². The summed E-state index contributed by atoms with van der Waals surface area (Å²) in [6, 6.07) is 1.47. The smallest absolute Gasteiger partial charge is 0.0888 e. The fourth-order valence-corrected chi connectivity index (χ4v) is 4.54. The Morgan fingerprint density at radius 1 is 1.27 bits per heavy atom. The van der Waals surface area contributed by atoms with Crippen molar-refractivity contribution in [2.45, 2.75) is 39.2 Å². The summed E-state index contributed by atoms with van der Waals surface area (Å²) in [7, 11) is -0.533. The first kappa shape index (κ1) is 8.79. The molecule has 0 saturated heterocycles. The van der Waals surface area contributed by atoms with Crippen LogP contribution in [0.3, 0.4) is 0 Å². The van der Waals surface area contributed by atoms with Crippen LogP contribution in [0.2, 0.25) is 6.04 Å². The van der Waals surface area contributed by atoms with Crippen LogP contribution in [0.25, 0.3) is 0 Å². The van der Waals surface area contributed by atoms with Gasteiger partial charge in [-0.25, -0.2) is 0 Å². The standard InChI is InChI=1S/C10H18Si/c1-3-6-10-7-5-9-11(10)8-4-2/h5,7,9,11H,3-4,6,8H2,1-2H3. The first-order chi connectivity index (χ1) is 5.38. The molecule has 0 aromatic heterocycles. The third-order valence-electron chi connectivity index (χ3n) is 2.27. The first-order valence-corrected chi connectivity index (χ1v) is 6.81. The van der Waals surface area contributed by atoms with Gasteiger partial charge in [0.15, 0.2) is 0 Å². The van der Waals surface area contributed by atoms with Gasteiger partial charge in [-0.1, -0.05) is 55.8 Å². The molecule has 1 rings (SSSR count). The molecule has 1 aliphatic heterocycles. The topological polar surface area (TPSA) is 0 Å². The Hall–Kier alpha value is -0.303. The van der Waals surface area contributed by atoms with Crippen LogP contribution in [0.15, 0.2) is 23.0 Å². The van der Waals surface area contributed by atoms with Gasteiger partial charge in [-0.05, 0) is 6.42 Å². The van der Waals surface area contributed by atoms with E-state index in [-0.39, 0.29) is 0 Å². The zero-order chi connectivity index (χ0) is 8.10. The van der Waals surface area contributed by atoms with Gasteiger partial charge in [-0.2, -0.15) is 0 Å². The minimum Gasteiger partial charge on any atom is -0.0932 e. The van der Waals surface area contributed by atoms with Crippen LogP contribution in [0.5, 0.6) is 0 Å². The summed E-state index contributed by atoms with van der Waals surface area (Å²) in [5, 5.41) is 1.79. The van der Waals surface area contributed by atoms with Gasteiger partial charge >= 0.3 is 0 Å². The van der Waals surface area contributed by atoms with Crippen molar-refractivity contribution < 1.29 is 0 Å². The third kappa shape index (κ3) is 2.33. The maximum absolute atomic E-state index is 2.48. The van der Waals surface area contributed by atoms with E-state index < -0.39 is 8.80 Å². The van der Waals surface area contributed by atoms with Crippen molar-refractivity contribution in [1.29, 1.82) is 0 Å². The monoisotopic (exact) mass is 166 g/mol. The number of rotatable bonds is 4. The molecule has 1 atom stereocenters. The predicted octanol–water partition coefficient (Wildman–Crippen LogP) is 3.00. The molecule has 0 bridgehead atoms. The lowest BCUT2D eigenvalue weighted by Crippen LogP contribution is -2.10. The molecule has 0 amide bonds. The Balaban J connectivity index is 2.40. The summed E-state index contributed by atoms with van der Waals surface area (Å²) in [6.07, 6.45) is 8.67. The maximum Gasteiger partial charge on any atom is 0.0888 e. The lowest BCUT2D eigenvalue weighted by molar-refractivity contribution is 0.936. The van der Waals surface area contributed by atoms with Crippen LogP contribution in [-0.4, -0.2) is 8.80 Å². The largest absolute Gasteiger partial charge is 0.0932 e. The van der Waals surface area contributed by atoms with Crippen molar-refractivity contribution in [3.63, 3.8) is 0 Å². The van der Waals surface area contributed by atoms with Crippen molar-refractivity contribution in [3.05, 3.63) is 23.0 Å². The van der Waals surface area contributed by atoms with E-state index >= 15 is 0 Å². The lowest BCUT2D eigenvalue weighted by atomic mass is 10.3. The summed E-state index contributed by atoms with van der Waals surface area (Å²) in [5.74, 6) is 0. The summed E-state index contributed by atoms with van der Waals surface area (Å²) in [6.45, 7) is 4.57. The van der Waals surface area contributed by atoms with E-state index in [0.717, 1.165) is 0 Å². The van der Waals surface area contributed by atoms with Gasteiger partial charge in [0.1, 0.15) is 0 Å². The van der Waals surface area contributed by atoms with E-state index in [1.165, 1.54) is 25.3 Å². The highest BCUT2D eigenvalue weighted by molar-refractivity contribution is 6.72. The molecule has 11 heavy (non-hydrogen) atoms. The molecule has 62 valence electrons. The molecule has 0 aromatic rings. The summed E-state index contributed by atoms with van der Waals surface area (Å²) >= 11 is 0. The third-order valence-corrected chi connectivity index (χ3v) is 5.59. The zero-order valence-corrected chi connectivity index (χ0v) is 8.79. The molecule has 1 heterocycles. The van der Waals surface area contributed by atoms with Crippen LogP contribution in [0.4, 0.5) is 0 Å². The molecule has 0 spiro atoms. The quantitative estimate of drug-likeness (QED) is 0.563. The van der Waals surface area contributed by atoms with Crippen molar-refractivity contribution in [2.75, 3.05) is 0 Å². The average Bonchev–Trinajstić information content (AvgIpc) is 2.39. The van der Waals surface area contributed by atoms with Crippen LogP contribution >= 0.6 is 0 Å². The Bertz CT molecular complexity index is 168. The van der Waals surface area contributed by atoms with E-state index in [0.29, 0.717) is 0 Å². The van der Waals surface area contributed by atoms with Gasteiger partial charge in [0.05, 0.1) is 8.80 Å². The van der Waals surface area contributed by atoms with Gasteiger partial charge in [-0.3, -0.25) is 0 Å². The van der Waals surface area contributed by atoms with E-state index in [2.05, 4.69) is 31.7 Å². The fraction of sp³-hybridized carbons (Fsp3) is 0.600. The second-order valence-electron chi connectivity index (χ2n) is 3.27. The van der Waals surface area contributed by atoms with Crippen LogP contribution in [-0.2, 0) is 0 Å². The molecule has 0 N–H and O–H groups in total. The van der Waals surface area contributed by atoms with Crippen molar-refractivity contribution >= 4 is 8.80 Å². The molecule has 0 fully saturated rings. The van der Waals surface area contributed by atoms with Crippen molar-refractivity contribution in [3.8, 4) is 0 Å². The Morgan fingerprint density at radius 2 is 2.09 bits per heavy atom. The highest BCUT2D eigenvalue weighted by Gasteiger charge is 2.13. The number of hydrogen-bond donors (Lipinski definition) is 0. The molecular formula is C10H18Si. The van der Waals surface area contributed by atoms with Crippen molar-refractivity contribution in [1.82, 2.24) is 0 Å². The molecule has 1 aliphatic rings. The second kappa shape index (κ2) is 4.55. The molecule has 1 unspecified atom stereocenters. The van der Waals surface area contributed by atoms with Crippen LogP contribution in [0.1, 0.15) is 33.1 Å². The predicted molar refractivity (Wildman–Crippen MR) is 54.4 cm³/mol. The van der Waals surface area contributed by atoms with Crippen molar-refractivity contribution in [2.24, 2.45) is 0 Å². The van der Waals surface area contributed by atoms with Crippen LogP contribution < -0.4 is 0 Å². The zero-order valence-electron chi connectivity index (χ0n) is 7.64. The molecule has 0 nitrogen and oxygen atoms in total. The fourth-order valence-electron chi connectivity index (χ4n) is 1.71. The van der Waals surface area contributed by atoms with Gasteiger partial charge in [0.25, 0.3) is 0 Å². The highest BCUT2D eigenvalue weighted by atomic mass is 28.3. The van der Waals surface area contributed by atoms with Crippen LogP contribution in [0, 0.1) is 0 Å². The molecule has 0 radical (unpaired) electrons. The molecule has 0 saturated carbocycles. The summed E-state index contributed by atoms with van der Waals surface area (Å²) < 4.78 is 0. The minimum atomic E-state index is -0.533. The molecular weight excluding hydrogens is 148 g/mol. The van der Waals surface area contributed by atoms with E-state index in [9.17, 15) is 0 Å². The van der Waals surface area contributed by atoms with Gasteiger partial charge in [0, 0.05) is 0 Å². The number of hydrogen-bond acceptors (Lipinski definition) is 0. The Kier molecular flexibility index (Phi) is 3.64. The number of allylic oxidation sites excluding steroid dienone is 3. The van der Waals surface area contributed by atoms with Gasteiger partial charge < -0.3 is 0 Å². The van der Waals surface area contributed by atoms with E-state index in [1.807, 2.05) is 0 Å². The Labute approximate surface area is 71.6 Å². The second-order valence-corrected chi connectivity index (χ2v) is 6.19. The summed E-state index contributed by atoms with van der Waals surface area (Å²) in [4.78, 5) is 0. The molecule has 0 aromatic carbocycles. The van der Waals surface area contributed by atoms with E-state index in [4.69, 9.17) is 0 Å². The normalized spacial score (nSPS) is 22.4. The minimum absolute atomic E-state index is 0.533. The first-order valence-electron chi connectivity index (χ1n) is 4.75. The molecule has 1 heteroatoms. The molecule has 0 aliphatic carbocycles. The summed E-state index contributed by atoms with van der Waals surface area (Å²) in [5.41, 5.74) is 2.48. The highest BCUT2D eigenvalue weighted by Crippen LogP contribution is 2.19. The SMILES string of the molecule is CCCC1=CC=C[SiH]1CCC. The lowest BCUT2D eigenvalue weighted by Gasteiger charge is -2.09. The van der Waals surface area contributed by atoms with Gasteiger partial charge in [0.2, 0.25) is 0 Å². The maximum atomic E-state index is 2.48. The Morgan fingerprint density at radius 3 is 2.73 bits per heavy atom.